The third-order valence-electron chi connectivity index (χ3n) is 5.78. The van der Waals surface area contributed by atoms with Crippen LogP contribution in [0.15, 0.2) is 84.9 Å². The molecule has 182 valence electrons. The zero-order valence-electron chi connectivity index (χ0n) is 19.3. The first-order chi connectivity index (χ1) is 16.9. The maximum absolute atomic E-state index is 13.2. The Kier molecular flexibility index (Phi) is 9.11. The molecule has 3 atom stereocenters. The van der Waals surface area contributed by atoms with E-state index in [4.69, 9.17) is 5.21 Å². The number of hydrogen-bond donors (Lipinski definition) is 5. The SMILES string of the molecule is CNC(=O)[C@H](Cc1ccccc1)NC(=O)[C@H](Cc1ccc(-c2ccccc2)cc1)C(O)C(=O)NO. The summed E-state index contributed by atoms with van der Waals surface area (Å²) in [4.78, 5) is 37.6. The van der Waals surface area contributed by atoms with Crippen molar-refractivity contribution in [1.82, 2.24) is 16.1 Å². The summed E-state index contributed by atoms with van der Waals surface area (Å²) in [6, 6.07) is 25.4. The maximum atomic E-state index is 13.2. The minimum absolute atomic E-state index is 0.0152. The van der Waals surface area contributed by atoms with Crippen molar-refractivity contribution in [3.8, 4) is 11.1 Å². The lowest BCUT2D eigenvalue weighted by Crippen LogP contribution is -2.52. The summed E-state index contributed by atoms with van der Waals surface area (Å²) in [7, 11) is 1.46. The number of nitrogens with one attached hydrogen (secondary N) is 3. The lowest BCUT2D eigenvalue weighted by Gasteiger charge is -2.24. The number of hydroxylamine groups is 1. The van der Waals surface area contributed by atoms with Crippen LogP contribution in [0.5, 0.6) is 0 Å². The van der Waals surface area contributed by atoms with E-state index >= 15 is 0 Å². The van der Waals surface area contributed by atoms with E-state index in [-0.39, 0.29) is 12.8 Å². The van der Waals surface area contributed by atoms with Crippen molar-refractivity contribution >= 4 is 17.7 Å². The molecule has 0 aromatic heterocycles. The molecule has 0 heterocycles. The molecule has 0 saturated carbocycles. The lowest BCUT2D eigenvalue weighted by molar-refractivity contribution is -0.146. The fourth-order valence-corrected chi connectivity index (χ4v) is 3.83. The monoisotopic (exact) mass is 475 g/mol. The highest BCUT2D eigenvalue weighted by molar-refractivity contribution is 5.92. The summed E-state index contributed by atoms with van der Waals surface area (Å²) in [6.07, 6.45) is -1.58. The third-order valence-corrected chi connectivity index (χ3v) is 5.78. The number of aliphatic hydroxyl groups excluding tert-OH is 1. The molecule has 3 aromatic rings. The summed E-state index contributed by atoms with van der Waals surface area (Å²) in [5, 5.41) is 24.7. The Morgan fingerprint density at radius 1 is 0.714 bits per heavy atom. The number of aliphatic hydroxyl groups is 1. The largest absolute Gasteiger partial charge is 0.382 e. The van der Waals surface area contributed by atoms with E-state index in [0.717, 1.165) is 16.7 Å². The molecule has 3 rings (SSSR count). The van der Waals surface area contributed by atoms with Gasteiger partial charge in [-0.15, -0.1) is 0 Å². The molecule has 1 unspecified atom stereocenters. The van der Waals surface area contributed by atoms with Gasteiger partial charge in [-0.25, -0.2) is 5.48 Å². The van der Waals surface area contributed by atoms with Crippen molar-refractivity contribution in [3.05, 3.63) is 96.1 Å². The first-order valence-electron chi connectivity index (χ1n) is 11.2. The fourth-order valence-electron chi connectivity index (χ4n) is 3.83. The molecule has 0 bridgehead atoms. The second kappa shape index (κ2) is 12.5. The van der Waals surface area contributed by atoms with E-state index in [1.165, 1.54) is 12.5 Å². The van der Waals surface area contributed by atoms with E-state index in [2.05, 4.69) is 10.6 Å². The Balaban J connectivity index is 1.80. The van der Waals surface area contributed by atoms with Gasteiger partial charge in [0.2, 0.25) is 11.8 Å². The topological polar surface area (TPSA) is 128 Å². The van der Waals surface area contributed by atoms with Gasteiger partial charge in [-0.05, 0) is 28.7 Å². The van der Waals surface area contributed by atoms with Gasteiger partial charge < -0.3 is 15.7 Å². The number of carbonyl (C=O) groups is 3. The van der Waals surface area contributed by atoms with Gasteiger partial charge in [-0.2, -0.15) is 0 Å². The van der Waals surface area contributed by atoms with Gasteiger partial charge in [-0.1, -0.05) is 84.9 Å². The van der Waals surface area contributed by atoms with Crippen molar-refractivity contribution in [2.75, 3.05) is 7.05 Å². The van der Waals surface area contributed by atoms with E-state index in [9.17, 15) is 19.5 Å². The third kappa shape index (κ3) is 6.99. The average molecular weight is 476 g/mol. The molecule has 0 aliphatic rings. The normalized spacial score (nSPS) is 13.2. The Bertz CT molecular complexity index is 1120. The fraction of sp³-hybridized carbons (Fsp3) is 0.222. The second-order valence-corrected chi connectivity index (χ2v) is 8.16. The van der Waals surface area contributed by atoms with Crippen molar-refractivity contribution in [2.24, 2.45) is 5.92 Å². The quantitative estimate of drug-likeness (QED) is 0.226. The van der Waals surface area contributed by atoms with Gasteiger partial charge in [-0.3, -0.25) is 19.6 Å². The number of carbonyl (C=O) groups excluding carboxylic acids is 3. The van der Waals surface area contributed by atoms with Gasteiger partial charge in [0.15, 0.2) is 0 Å². The van der Waals surface area contributed by atoms with E-state index in [1.807, 2.05) is 84.9 Å². The molecular formula is C27H29N3O5. The van der Waals surface area contributed by atoms with E-state index in [1.54, 1.807) is 0 Å². The summed E-state index contributed by atoms with van der Waals surface area (Å²) in [5.41, 5.74) is 4.94. The number of likely N-dealkylation sites (N-methyl/N-ethyl adjacent to an activating group) is 1. The van der Waals surface area contributed by atoms with Gasteiger partial charge in [0.05, 0.1) is 5.92 Å². The molecule has 0 spiro atoms. The Hall–Kier alpha value is -4.01. The Labute approximate surface area is 204 Å². The van der Waals surface area contributed by atoms with Crippen LogP contribution in [-0.2, 0) is 27.2 Å². The summed E-state index contributed by atoms with van der Waals surface area (Å²) in [6.45, 7) is 0. The van der Waals surface area contributed by atoms with Crippen LogP contribution in [0.3, 0.4) is 0 Å². The number of amides is 3. The standard InChI is InChI=1S/C27H29N3O5/c1-28-26(33)23(17-18-8-4-2-5-9-18)29-25(32)22(24(31)27(34)30-35)16-19-12-14-21(15-13-19)20-10-6-3-7-11-20/h2-15,22-24,31,35H,16-17H2,1H3,(H,28,33)(H,29,32)(H,30,34)/t22-,23+,24?/m1/s1. The lowest BCUT2D eigenvalue weighted by atomic mass is 9.91. The molecule has 0 radical (unpaired) electrons. The zero-order valence-corrected chi connectivity index (χ0v) is 19.3. The maximum Gasteiger partial charge on any atom is 0.272 e. The molecular weight excluding hydrogens is 446 g/mol. The summed E-state index contributed by atoms with van der Waals surface area (Å²) in [5.74, 6) is -3.44. The van der Waals surface area contributed by atoms with Crippen LogP contribution < -0.4 is 16.1 Å². The highest BCUT2D eigenvalue weighted by Gasteiger charge is 2.34. The number of rotatable bonds is 10. The van der Waals surface area contributed by atoms with Crippen LogP contribution >= 0.6 is 0 Å². The molecule has 8 heteroatoms. The highest BCUT2D eigenvalue weighted by atomic mass is 16.5. The van der Waals surface area contributed by atoms with Crippen molar-refractivity contribution < 1.29 is 24.7 Å². The van der Waals surface area contributed by atoms with Gasteiger partial charge in [0, 0.05) is 13.5 Å². The molecule has 0 aliphatic carbocycles. The van der Waals surface area contributed by atoms with Crippen LogP contribution in [0.1, 0.15) is 11.1 Å². The van der Waals surface area contributed by atoms with E-state index in [0.29, 0.717) is 5.56 Å². The average Bonchev–Trinajstić information content (AvgIpc) is 2.91. The first-order valence-corrected chi connectivity index (χ1v) is 11.2. The minimum Gasteiger partial charge on any atom is -0.382 e. The molecule has 0 saturated heterocycles. The predicted octanol–water partition coefficient (Wildman–Crippen LogP) is 1.85. The van der Waals surface area contributed by atoms with Gasteiger partial charge in [0.1, 0.15) is 12.1 Å². The Morgan fingerprint density at radius 3 is 1.83 bits per heavy atom. The van der Waals surface area contributed by atoms with Crippen molar-refractivity contribution in [1.29, 1.82) is 0 Å². The van der Waals surface area contributed by atoms with Crippen molar-refractivity contribution in [2.45, 2.75) is 25.0 Å². The van der Waals surface area contributed by atoms with Crippen LogP contribution in [0.4, 0.5) is 0 Å². The predicted molar refractivity (Wildman–Crippen MR) is 131 cm³/mol. The molecule has 3 aromatic carbocycles. The highest BCUT2D eigenvalue weighted by Crippen LogP contribution is 2.21. The van der Waals surface area contributed by atoms with Crippen LogP contribution in [-0.4, -0.2) is 47.2 Å². The number of benzene rings is 3. The number of hydrogen-bond acceptors (Lipinski definition) is 5. The van der Waals surface area contributed by atoms with Crippen LogP contribution in [0.25, 0.3) is 11.1 Å². The molecule has 0 fully saturated rings. The summed E-state index contributed by atoms with van der Waals surface area (Å²) < 4.78 is 0. The second-order valence-electron chi connectivity index (χ2n) is 8.16. The minimum atomic E-state index is -1.82. The van der Waals surface area contributed by atoms with Crippen molar-refractivity contribution in [3.63, 3.8) is 0 Å². The van der Waals surface area contributed by atoms with Crippen LogP contribution in [0.2, 0.25) is 0 Å². The Morgan fingerprint density at radius 2 is 1.26 bits per heavy atom. The molecule has 35 heavy (non-hydrogen) atoms. The van der Waals surface area contributed by atoms with Crippen LogP contribution in [0, 0.1) is 5.92 Å². The molecule has 0 aliphatic heterocycles. The van der Waals surface area contributed by atoms with Gasteiger partial charge >= 0.3 is 0 Å². The first kappa shape index (κ1) is 25.6. The summed E-state index contributed by atoms with van der Waals surface area (Å²) >= 11 is 0. The van der Waals surface area contributed by atoms with Gasteiger partial charge in [0.25, 0.3) is 5.91 Å². The zero-order chi connectivity index (χ0) is 25.2. The van der Waals surface area contributed by atoms with E-state index < -0.39 is 35.8 Å². The molecule has 8 nitrogen and oxygen atoms in total. The molecule has 3 amide bonds. The molecule has 5 N–H and O–H groups in total. The smallest absolute Gasteiger partial charge is 0.272 e.